The van der Waals surface area contributed by atoms with Gasteiger partial charge in [0.05, 0.1) is 6.26 Å². The molecule has 8 heteroatoms. The quantitative estimate of drug-likeness (QED) is 0.370. The first-order valence-electron chi connectivity index (χ1n) is 12.3. The van der Waals surface area contributed by atoms with Crippen molar-refractivity contribution in [3.05, 3.63) is 87.8 Å². The van der Waals surface area contributed by atoms with Gasteiger partial charge in [-0.05, 0) is 61.1 Å². The summed E-state index contributed by atoms with van der Waals surface area (Å²) in [5.74, 6) is 1.03. The molecule has 0 N–H and O–H groups in total. The van der Waals surface area contributed by atoms with Crippen molar-refractivity contribution in [2.75, 3.05) is 39.3 Å². The van der Waals surface area contributed by atoms with Crippen LogP contribution in [0.4, 0.5) is 0 Å². The predicted octanol–water partition coefficient (Wildman–Crippen LogP) is 5.06. The summed E-state index contributed by atoms with van der Waals surface area (Å²) in [5, 5.41) is 0. The SMILES string of the molecule is CCN(CC)Cc1cc(Br)ccc1OCc1ccc(C(=O)N2CCN(C(=O)c3ccco3)CC2)cc1. The first-order chi connectivity index (χ1) is 17.5. The van der Waals surface area contributed by atoms with Gasteiger partial charge in [-0.2, -0.15) is 0 Å². The highest BCUT2D eigenvalue weighted by atomic mass is 79.9. The van der Waals surface area contributed by atoms with E-state index in [1.54, 1.807) is 21.9 Å². The second kappa shape index (κ2) is 12.2. The molecular weight excluding hydrogens is 522 g/mol. The van der Waals surface area contributed by atoms with Crippen molar-refractivity contribution < 1.29 is 18.7 Å². The molecule has 2 amide bonds. The Morgan fingerprint density at radius 1 is 0.944 bits per heavy atom. The maximum Gasteiger partial charge on any atom is 0.289 e. The standard InChI is InChI=1S/C28H32BrN3O4/c1-3-30(4-2)19-23-18-24(29)11-12-25(23)36-20-21-7-9-22(10-8-21)27(33)31-13-15-32(16-14-31)28(34)26-6-5-17-35-26/h5-12,17-18H,3-4,13-16,19-20H2,1-2H3. The number of piperazine rings is 1. The van der Waals surface area contributed by atoms with Crippen LogP contribution in [0.25, 0.3) is 0 Å². The molecule has 0 unspecified atom stereocenters. The maximum absolute atomic E-state index is 13.0. The number of hydrogen-bond acceptors (Lipinski definition) is 5. The first-order valence-corrected chi connectivity index (χ1v) is 13.1. The van der Waals surface area contributed by atoms with Gasteiger partial charge >= 0.3 is 0 Å². The Labute approximate surface area is 220 Å². The van der Waals surface area contributed by atoms with E-state index in [1.807, 2.05) is 36.4 Å². The van der Waals surface area contributed by atoms with E-state index in [9.17, 15) is 9.59 Å². The molecule has 7 nitrogen and oxygen atoms in total. The van der Waals surface area contributed by atoms with Gasteiger partial charge in [0, 0.05) is 48.3 Å². The number of ether oxygens (including phenoxy) is 1. The molecular formula is C28H32BrN3O4. The van der Waals surface area contributed by atoms with Gasteiger partial charge in [0.1, 0.15) is 12.4 Å². The Balaban J connectivity index is 1.32. The minimum Gasteiger partial charge on any atom is -0.489 e. The zero-order valence-electron chi connectivity index (χ0n) is 20.8. The van der Waals surface area contributed by atoms with E-state index in [-0.39, 0.29) is 11.8 Å². The lowest BCUT2D eigenvalue weighted by atomic mass is 10.1. The number of amides is 2. The Bertz CT molecular complexity index is 1150. The second-order valence-electron chi connectivity index (χ2n) is 8.76. The van der Waals surface area contributed by atoms with Crippen LogP contribution in [-0.4, -0.2) is 65.8 Å². The average molecular weight is 554 g/mol. The van der Waals surface area contributed by atoms with E-state index in [0.717, 1.165) is 41.0 Å². The van der Waals surface area contributed by atoms with Crippen molar-refractivity contribution in [3.63, 3.8) is 0 Å². The van der Waals surface area contributed by atoms with E-state index < -0.39 is 0 Å². The molecule has 1 saturated heterocycles. The first kappa shape index (κ1) is 26.0. The maximum atomic E-state index is 13.0. The van der Waals surface area contributed by atoms with Crippen LogP contribution >= 0.6 is 15.9 Å². The Morgan fingerprint density at radius 3 is 2.22 bits per heavy atom. The molecule has 190 valence electrons. The predicted molar refractivity (Wildman–Crippen MR) is 142 cm³/mol. The molecule has 1 aliphatic heterocycles. The van der Waals surface area contributed by atoms with Crippen molar-refractivity contribution in [3.8, 4) is 5.75 Å². The fraction of sp³-hybridized carbons (Fsp3) is 0.357. The molecule has 0 bridgehead atoms. The van der Waals surface area contributed by atoms with Gasteiger partial charge in [0.25, 0.3) is 11.8 Å². The highest BCUT2D eigenvalue weighted by Crippen LogP contribution is 2.26. The van der Waals surface area contributed by atoms with Gasteiger partial charge in [-0.25, -0.2) is 0 Å². The fourth-order valence-electron chi connectivity index (χ4n) is 4.26. The minimum atomic E-state index is -0.137. The van der Waals surface area contributed by atoms with Crippen LogP contribution in [0.3, 0.4) is 0 Å². The van der Waals surface area contributed by atoms with E-state index >= 15 is 0 Å². The lowest BCUT2D eigenvalue weighted by Crippen LogP contribution is -2.50. The molecule has 1 aromatic heterocycles. The summed E-state index contributed by atoms with van der Waals surface area (Å²) in [4.78, 5) is 31.3. The number of furan rings is 1. The topological polar surface area (TPSA) is 66.2 Å². The molecule has 0 atom stereocenters. The van der Waals surface area contributed by atoms with Crippen LogP contribution in [0.1, 0.15) is 45.9 Å². The molecule has 0 aliphatic carbocycles. The van der Waals surface area contributed by atoms with Crippen LogP contribution in [0, 0.1) is 0 Å². The van der Waals surface area contributed by atoms with E-state index in [1.165, 1.54) is 6.26 Å². The zero-order valence-corrected chi connectivity index (χ0v) is 22.4. The summed E-state index contributed by atoms with van der Waals surface area (Å²) < 4.78 is 12.4. The second-order valence-corrected chi connectivity index (χ2v) is 9.68. The smallest absolute Gasteiger partial charge is 0.289 e. The monoisotopic (exact) mass is 553 g/mol. The van der Waals surface area contributed by atoms with Gasteiger partial charge in [-0.15, -0.1) is 0 Å². The van der Waals surface area contributed by atoms with Crippen molar-refractivity contribution >= 4 is 27.7 Å². The van der Waals surface area contributed by atoms with E-state index in [2.05, 4.69) is 40.7 Å². The third-order valence-corrected chi connectivity index (χ3v) is 6.99. The minimum absolute atomic E-state index is 0.0259. The van der Waals surface area contributed by atoms with E-state index in [4.69, 9.17) is 9.15 Å². The summed E-state index contributed by atoms with van der Waals surface area (Å²) in [6.45, 7) is 9.49. The van der Waals surface area contributed by atoms with Crippen LogP contribution in [-0.2, 0) is 13.2 Å². The average Bonchev–Trinajstić information content (AvgIpc) is 3.46. The summed E-state index contributed by atoms with van der Waals surface area (Å²) in [6, 6.07) is 17.0. The van der Waals surface area contributed by atoms with Gasteiger partial charge in [0.15, 0.2) is 5.76 Å². The molecule has 0 radical (unpaired) electrons. The third kappa shape index (κ3) is 6.36. The molecule has 0 saturated carbocycles. The van der Waals surface area contributed by atoms with Crippen molar-refractivity contribution in [2.24, 2.45) is 0 Å². The van der Waals surface area contributed by atoms with Gasteiger partial charge in [0.2, 0.25) is 0 Å². The molecule has 2 aromatic carbocycles. The highest BCUT2D eigenvalue weighted by molar-refractivity contribution is 9.10. The number of carbonyl (C=O) groups excluding carboxylic acids is 2. The van der Waals surface area contributed by atoms with Crippen molar-refractivity contribution in [1.29, 1.82) is 0 Å². The number of carbonyl (C=O) groups is 2. The zero-order chi connectivity index (χ0) is 25.5. The van der Waals surface area contributed by atoms with Gasteiger partial charge in [-0.1, -0.05) is 41.9 Å². The van der Waals surface area contributed by atoms with Crippen LogP contribution in [0.2, 0.25) is 0 Å². The summed E-state index contributed by atoms with van der Waals surface area (Å²) in [5.41, 5.74) is 2.78. The van der Waals surface area contributed by atoms with Crippen molar-refractivity contribution in [1.82, 2.24) is 14.7 Å². The lowest BCUT2D eigenvalue weighted by Gasteiger charge is -2.34. The van der Waals surface area contributed by atoms with Gasteiger partial charge in [-0.3, -0.25) is 14.5 Å². The molecule has 2 heterocycles. The highest BCUT2D eigenvalue weighted by Gasteiger charge is 2.26. The number of hydrogen-bond donors (Lipinski definition) is 0. The number of benzene rings is 2. The fourth-order valence-corrected chi connectivity index (χ4v) is 4.66. The molecule has 36 heavy (non-hydrogen) atoms. The molecule has 1 fully saturated rings. The Hall–Kier alpha value is -3.10. The largest absolute Gasteiger partial charge is 0.489 e. The number of rotatable bonds is 9. The normalized spacial score (nSPS) is 13.8. The van der Waals surface area contributed by atoms with Crippen LogP contribution < -0.4 is 4.74 Å². The molecule has 3 aromatic rings. The summed E-state index contributed by atoms with van der Waals surface area (Å²) in [7, 11) is 0. The summed E-state index contributed by atoms with van der Waals surface area (Å²) in [6.07, 6.45) is 1.49. The number of nitrogens with zero attached hydrogens (tertiary/aromatic N) is 3. The molecule has 0 spiro atoms. The number of halogens is 1. The Morgan fingerprint density at radius 2 is 1.61 bits per heavy atom. The molecule has 1 aliphatic rings. The third-order valence-electron chi connectivity index (χ3n) is 6.49. The van der Waals surface area contributed by atoms with Crippen LogP contribution in [0.15, 0.2) is 69.8 Å². The summed E-state index contributed by atoms with van der Waals surface area (Å²) >= 11 is 3.57. The molecule has 4 rings (SSSR count). The van der Waals surface area contributed by atoms with Gasteiger partial charge < -0.3 is 19.0 Å². The van der Waals surface area contributed by atoms with Crippen molar-refractivity contribution in [2.45, 2.75) is 27.0 Å². The van der Waals surface area contributed by atoms with Crippen LogP contribution in [0.5, 0.6) is 5.75 Å². The Kier molecular flexibility index (Phi) is 8.83. The lowest BCUT2D eigenvalue weighted by molar-refractivity contribution is 0.0518. The van der Waals surface area contributed by atoms with E-state index in [0.29, 0.717) is 44.1 Å².